The standard InChI is InChI=1S/C31H35N5O6/c1-18-6-10-20(11-7-18)28(37)39-15-23-22(42-29(38)21-12-8-19(2)9-13-21)14-24(41-23)36-17-33-25-26(36)34-30(32)35-27(25)40-16-31(3,4)5/h6-13,17,22-24H,14-16H2,1-5H3,(H2,32,34,35)/t22-,23+,24+/m0/s1. The molecule has 220 valence electrons. The third kappa shape index (κ3) is 6.68. The number of aryl methyl sites for hydroxylation is 2. The zero-order valence-electron chi connectivity index (χ0n) is 24.4. The maximum absolute atomic E-state index is 13.0. The summed E-state index contributed by atoms with van der Waals surface area (Å²) in [4.78, 5) is 38.9. The summed E-state index contributed by atoms with van der Waals surface area (Å²) in [5.41, 5.74) is 9.63. The van der Waals surface area contributed by atoms with Gasteiger partial charge in [0.2, 0.25) is 11.8 Å². The van der Waals surface area contributed by atoms with E-state index in [4.69, 9.17) is 24.7 Å². The molecular formula is C31H35N5O6. The lowest BCUT2D eigenvalue weighted by Crippen LogP contribution is -2.32. The van der Waals surface area contributed by atoms with Crippen molar-refractivity contribution >= 4 is 29.1 Å². The van der Waals surface area contributed by atoms with Crippen LogP contribution in [0.3, 0.4) is 0 Å². The van der Waals surface area contributed by atoms with Crippen LogP contribution in [-0.4, -0.2) is 56.9 Å². The van der Waals surface area contributed by atoms with Gasteiger partial charge in [-0.3, -0.25) is 4.57 Å². The number of carbonyl (C=O) groups is 2. The minimum absolute atomic E-state index is 0.0251. The summed E-state index contributed by atoms with van der Waals surface area (Å²) in [5.74, 6) is -0.703. The van der Waals surface area contributed by atoms with Crippen LogP contribution in [0.2, 0.25) is 0 Å². The molecular weight excluding hydrogens is 538 g/mol. The first-order valence-electron chi connectivity index (χ1n) is 13.8. The summed E-state index contributed by atoms with van der Waals surface area (Å²) in [5, 5.41) is 0. The number of ether oxygens (including phenoxy) is 4. The van der Waals surface area contributed by atoms with E-state index in [9.17, 15) is 9.59 Å². The normalized spacial score (nSPS) is 18.6. The molecule has 0 bridgehead atoms. The Morgan fingerprint density at radius 2 is 1.60 bits per heavy atom. The van der Waals surface area contributed by atoms with Crippen molar-refractivity contribution in [1.29, 1.82) is 0 Å². The Morgan fingerprint density at radius 1 is 0.976 bits per heavy atom. The number of aromatic nitrogens is 4. The fraction of sp³-hybridized carbons (Fsp3) is 0.387. The molecule has 3 heterocycles. The molecule has 3 atom stereocenters. The number of anilines is 1. The van der Waals surface area contributed by atoms with Crippen molar-refractivity contribution in [2.24, 2.45) is 5.41 Å². The van der Waals surface area contributed by atoms with Gasteiger partial charge >= 0.3 is 11.9 Å². The van der Waals surface area contributed by atoms with Gasteiger partial charge in [-0.05, 0) is 43.5 Å². The first-order valence-corrected chi connectivity index (χ1v) is 13.8. The molecule has 2 aromatic heterocycles. The number of fused-ring (bicyclic) bond motifs is 1. The van der Waals surface area contributed by atoms with Crippen LogP contribution < -0.4 is 10.5 Å². The average Bonchev–Trinajstić information content (AvgIpc) is 3.54. The lowest BCUT2D eigenvalue weighted by Gasteiger charge is -2.19. The van der Waals surface area contributed by atoms with E-state index in [1.54, 1.807) is 35.2 Å². The van der Waals surface area contributed by atoms with Gasteiger partial charge in [-0.25, -0.2) is 14.6 Å². The van der Waals surface area contributed by atoms with Gasteiger partial charge < -0.3 is 24.7 Å². The fourth-order valence-electron chi connectivity index (χ4n) is 4.47. The third-order valence-corrected chi connectivity index (χ3v) is 6.75. The molecule has 1 fully saturated rings. The summed E-state index contributed by atoms with van der Waals surface area (Å²) >= 11 is 0. The molecule has 2 N–H and O–H groups in total. The molecule has 1 saturated heterocycles. The fourth-order valence-corrected chi connectivity index (χ4v) is 4.47. The summed E-state index contributed by atoms with van der Waals surface area (Å²) in [6.45, 7) is 10.3. The SMILES string of the molecule is Cc1ccc(C(=O)OC[C@H]2O[C@@H](n3cnc4c(OCC(C)(C)C)nc(N)nc43)C[C@@H]2OC(=O)c2ccc(C)cc2)cc1. The van der Waals surface area contributed by atoms with E-state index in [0.29, 0.717) is 28.9 Å². The molecule has 11 nitrogen and oxygen atoms in total. The second kappa shape index (κ2) is 11.8. The largest absolute Gasteiger partial charge is 0.475 e. The van der Waals surface area contributed by atoms with Gasteiger partial charge in [0.15, 0.2) is 11.2 Å². The van der Waals surface area contributed by atoms with Crippen LogP contribution in [0.15, 0.2) is 54.9 Å². The maximum Gasteiger partial charge on any atom is 0.338 e. The molecule has 2 aromatic carbocycles. The van der Waals surface area contributed by atoms with E-state index in [1.807, 2.05) is 58.9 Å². The van der Waals surface area contributed by atoms with Crippen LogP contribution in [0.5, 0.6) is 5.88 Å². The Kier molecular flexibility index (Phi) is 8.13. The van der Waals surface area contributed by atoms with Gasteiger partial charge in [-0.15, -0.1) is 0 Å². The predicted molar refractivity (Wildman–Crippen MR) is 155 cm³/mol. The van der Waals surface area contributed by atoms with E-state index >= 15 is 0 Å². The van der Waals surface area contributed by atoms with Crippen LogP contribution in [0.25, 0.3) is 11.2 Å². The van der Waals surface area contributed by atoms with Gasteiger partial charge in [0, 0.05) is 6.42 Å². The smallest absolute Gasteiger partial charge is 0.338 e. The van der Waals surface area contributed by atoms with Crippen molar-refractivity contribution in [3.63, 3.8) is 0 Å². The van der Waals surface area contributed by atoms with E-state index in [-0.39, 0.29) is 30.3 Å². The van der Waals surface area contributed by atoms with Gasteiger partial charge in [0.05, 0.1) is 24.1 Å². The Labute approximate surface area is 244 Å². The average molecular weight is 574 g/mol. The van der Waals surface area contributed by atoms with E-state index in [0.717, 1.165) is 11.1 Å². The highest BCUT2D eigenvalue weighted by atomic mass is 16.6. The Balaban J connectivity index is 1.38. The number of imidazole rings is 1. The van der Waals surface area contributed by atoms with Gasteiger partial charge in [-0.2, -0.15) is 9.97 Å². The lowest BCUT2D eigenvalue weighted by atomic mass is 9.99. The van der Waals surface area contributed by atoms with Gasteiger partial charge in [-0.1, -0.05) is 56.2 Å². The molecule has 0 radical (unpaired) electrons. The van der Waals surface area contributed by atoms with Crippen LogP contribution in [0.4, 0.5) is 5.95 Å². The Morgan fingerprint density at radius 3 is 2.21 bits per heavy atom. The summed E-state index contributed by atoms with van der Waals surface area (Å²) in [7, 11) is 0. The Hall–Kier alpha value is -4.51. The summed E-state index contributed by atoms with van der Waals surface area (Å²) in [6, 6.07) is 14.2. The highest BCUT2D eigenvalue weighted by molar-refractivity contribution is 5.90. The van der Waals surface area contributed by atoms with Crippen LogP contribution >= 0.6 is 0 Å². The molecule has 1 aliphatic heterocycles. The number of esters is 2. The number of carbonyl (C=O) groups excluding carboxylic acids is 2. The van der Waals surface area contributed by atoms with Crippen molar-refractivity contribution in [1.82, 2.24) is 19.5 Å². The minimum Gasteiger partial charge on any atom is -0.475 e. The minimum atomic E-state index is -0.743. The van der Waals surface area contributed by atoms with Crippen LogP contribution in [0, 0.1) is 19.3 Å². The molecule has 42 heavy (non-hydrogen) atoms. The van der Waals surface area contributed by atoms with Crippen molar-refractivity contribution in [3.8, 4) is 5.88 Å². The monoisotopic (exact) mass is 573 g/mol. The second-order valence-electron chi connectivity index (χ2n) is 11.7. The van der Waals surface area contributed by atoms with Crippen molar-refractivity contribution in [2.75, 3.05) is 18.9 Å². The molecule has 4 aromatic rings. The molecule has 5 rings (SSSR count). The Bertz CT molecular complexity index is 1580. The topological polar surface area (TPSA) is 141 Å². The van der Waals surface area contributed by atoms with Crippen molar-refractivity contribution in [2.45, 2.75) is 59.5 Å². The lowest BCUT2D eigenvalue weighted by molar-refractivity contribution is -0.0563. The quantitative estimate of drug-likeness (QED) is 0.292. The predicted octanol–water partition coefficient (Wildman–Crippen LogP) is 4.82. The van der Waals surface area contributed by atoms with E-state index in [1.165, 1.54) is 0 Å². The number of nitrogen functional groups attached to an aromatic ring is 1. The molecule has 0 amide bonds. The number of benzene rings is 2. The molecule has 0 unspecified atom stereocenters. The number of rotatable bonds is 8. The van der Waals surface area contributed by atoms with Gasteiger partial charge in [0.1, 0.15) is 25.0 Å². The highest BCUT2D eigenvalue weighted by Crippen LogP contribution is 2.35. The van der Waals surface area contributed by atoms with Crippen LogP contribution in [0.1, 0.15) is 65.3 Å². The van der Waals surface area contributed by atoms with Crippen LogP contribution in [-0.2, 0) is 14.2 Å². The zero-order chi connectivity index (χ0) is 30.0. The highest BCUT2D eigenvalue weighted by Gasteiger charge is 2.41. The summed E-state index contributed by atoms with van der Waals surface area (Å²) < 4.78 is 25.4. The summed E-state index contributed by atoms with van der Waals surface area (Å²) in [6.07, 6.45) is -0.279. The number of nitrogens with zero attached hydrogens (tertiary/aromatic N) is 4. The molecule has 0 spiro atoms. The molecule has 11 heteroatoms. The maximum atomic E-state index is 13.0. The molecule has 0 aliphatic carbocycles. The molecule has 0 saturated carbocycles. The first kappa shape index (κ1) is 29.0. The van der Waals surface area contributed by atoms with E-state index < -0.39 is 30.4 Å². The number of hydrogen-bond donors (Lipinski definition) is 1. The van der Waals surface area contributed by atoms with E-state index in [2.05, 4.69) is 15.0 Å². The number of nitrogens with two attached hydrogens (primary N) is 1. The third-order valence-electron chi connectivity index (χ3n) is 6.75. The zero-order valence-corrected chi connectivity index (χ0v) is 24.4. The first-order chi connectivity index (χ1) is 20.0. The molecule has 1 aliphatic rings. The van der Waals surface area contributed by atoms with Crippen molar-refractivity contribution < 1.29 is 28.5 Å². The number of hydrogen-bond acceptors (Lipinski definition) is 10. The van der Waals surface area contributed by atoms with Crippen molar-refractivity contribution in [3.05, 3.63) is 77.1 Å². The van der Waals surface area contributed by atoms with Gasteiger partial charge in [0.25, 0.3) is 0 Å². The second-order valence-corrected chi connectivity index (χ2v) is 11.7.